The SMILES string of the molecule is [2H]C([2H])([2H])Nc1cc(F)cc(Br)c1. The van der Waals surface area contributed by atoms with Crippen molar-refractivity contribution < 1.29 is 8.50 Å². The highest BCUT2D eigenvalue weighted by Crippen LogP contribution is 2.17. The van der Waals surface area contributed by atoms with Crippen LogP contribution in [0.2, 0.25) is 0 Å². The minimum Gasteiger partial charge on any atom is -0.388 e. The number of hydrogen-bond donors (Lipinski definition) is 1. The van der Waals surface area contributed by atoms with E-state index in [0.717, 1.165) is 6.07 Å². The predicted octanol–water partition coefficient (Wildman–Crippen LogP) is 2.63. The van der Waals surface area contributed by atoms with Gasteiger partial charge in [0.25, 0.3) is 0 Å². The number of nitrogens with one attached hydrogen (secondary N) is 1. The fourth-order valence-corrected chi connectivity index (χ4v) is 1.09. The second-order valence-electron chi connectivity index (χ2n) is 1.78. The summed E-state index contributed by atoms with van der Waals surface area (Å²) in [7, 11) is 0. The molecule has 0 amide bonds. The summed E-state index contributed by atoms with van der Waals surface area (Å²) in [5, 5.41) is 2.19. The van der Waals surface area contributed by atoms with E-state index in [9.17, 15) is 4.39 Å². The zero-order valence-corrected chi connectivity index (χ0v) is 6.57. The Balaban J connectivity index is 2.90. The monoisotopic (exact) mass is 206 g/mol. The number of hydrogen-bond acceptors (Lipinski definition) is 1. The molecular formula is C7H7BrFN. The van der Waals surface area contributed by atoms with Crippen LogP contribution in [-0.4, -0.2) is 6.98 Å². The van der Waals surface area contributed by atoms with E-state index in [1.165, 1.54) is 12.1 Å². The molecule has 1 nitrogen and oxygen atoms in total. The number of halogens is 2. The van der Waals surface area contributed by atoms with Crippen molar-refractivity contribution in [2.45, 2.75) is 0 Å². The van der Waals surface area contributed by atoms with E-state index in [2.05, 4.69) is 21.2 Å². The Morgan fingerprint density at radius 3 is 3.00 bits per heavy atom. The van der Waals surface area contributed by atoms with Crippen molar-refractivity contribution in [1.82, 2.24) is 0 Å². The summed E-state index contributed by atoms with van der Waals surface area (Å²) >= 11 is 3.06. The molecule has 0 fully saturated rings. The van der Waals surface area contributed by atoms with E-state index in [1.807, 2.05) is 0 Å². The first-order valence-corrected chi connectivity index (χ1v) is 3.40. The molecule has 3 heteroatoms. The van der Waals surface area contributed by atoms with E-state index in [0.29, 0.717) is 4.47 Å². The summed E-state index contributed by atoms with van der Waals surface area (Å²) in [5.74, 6) is -0.485. The van der Waals surface area contributed by atoms with E-state index < -0.39 is 12.8 Å². The third kappa shape index (κ3) is 1.70. The fourth-order valence-electron chi connectivity index (χ4n) is 0.626. The van der Waals surface area contributed by atoms with Gasteiger partial charge in [-0.15, -0.1) is 0 Å². The second kappa shape index (κ2) is 3.01. The number of rotatable bonds is 1. The van der Waals surface area contributed by atoms with Crippen molar-refractivity contribution in [3.05, 3.63) is 28.5 Å². The van der Waals surface area contributed by atoms with Crippen LogP contribution in [0, 0.1) is 5.82 Å². The normalized spacial score (nSPS) is 15.2. The van der Waals surface area contributed by atoms with E-state index in [-0.39, 0.29) is 5.69 Å². The van der Waals surface area contributed by atoms with Crippen molar-refractivity contribution in [3.8, 4) is 0 Å². The van der Waals surface area contributed by atoms with Gasteiger partial charge in [0, 0.05) is 21.2 Å². The second-order valence-corrected chi connectivity index (χ2v) is 2.70. The molecule has 0 aromatic heterocycles. The van der Waals surface area contributed by atoms with Gasteiger partial charge >= 0.3 is 0 Å². The van der Waals surface area contributed by atoms with Crippen LogP contribution in [0.1, 0.15) is 4.11 Å². The van der Waals surface area contributed by atoms with Gasteiger partial charge in [-0.05, 0) is 18.2 Å². The van der Waals surface area contributed by atoms with Gasteiger partial charge in [0.1, 0.15) is 5.82 Å². The zero-order valence-electron chi connectivity index (χ0n) is 7.99. The van der Waals surface area contributed by atoms with Gasteiger partial charge < -0.3 is 5.32 Å². The molecule has 1 aromatic carbocycles. The fraction of sp³-hybridized carbons (Fsp3) is 0.143. The Bertz CT molecular complexity index is 293. The maximum Gasteiger partial charge on any atom is 0.126 e. The Hall–Kier alpha value is -0.570. The molecule has 0 spiro atoms. The lowest BCUT2D eigenvalue weighted by Crippen LogP contribution is -1.88. The Morgan fingerprint density at radius 1 is 1.60 bits per heavy atom. The van der Waals surface area contributed by atoms with E-state index in [4.69, 9.17) is 4.11 Å². The van der Waals surface area contributed by atoms with Crippen LogP contribution in [0.25, 0.3) is 0 Å². The maximum absolute atomic E-state index is 12.7. The summed E-state index contributed by atoms with van der Waals surface area (Å²) < 4.78 is 33.9. The molecule has 0 saturated heterocycles. The topological polar surface area (TPSA) is 12.0 Å². The van der Waals surface area contributed by atoms with Crippen LogP contribution in [-0.2, 0) is 0 Å². The van der Waals surface area contributed by atoms with E-state index in [1.54, 1.807) is 0 Å². The lowest BCUT2D eigenvalue weighted by atomic mass is 10.3. The standard InChI is InChI=1S/C7H7BrFN/c1-10-7-3-5(8)2-6(9)4-7/h2-4,10H,1H3/i1D3. The molecular weight excluding hydrogens is 197 g/mol. The molecule has 1 N–H and O–H groups in total. The molecule has 0 bridgehead atoms. The van der Waals surface area contributed by atoms with Gasteiger partial charge in [0.05, 0.1) is 0 Å². The summed E-state index contributed by atoms with van der Waals surface area (Å²) in [6.45, 7) is -2.30. The largest absolute Gasteiger partial charge is 0.388 e. The number of benzene rings is 1. The average molecular weight is 207 g/mol. The van der Waals surface area contributed by atoms with Gasteiger partial charge in [0.15, 0.2) is 0 Å². The molecule has 0 aliphatic carbocycles. The van der Waals surface area contributed by atoms with Crippen LogP contribution >= 0.6 is 15.9 Å². The molecule has 54 valence electrons. The van der Waals surface area contributed by atoms with E-state index >= 15 is 0 Å². The average Bonchev–Trinajstić information content (AvgIpc) is 1.78. The Kier molecular flexibility index (Phi) is 1.31. The lowest BCUT2D eigenvalue weighted by Gasteiger charge is -1.99. The minimum atomic E-state index is -2.30. The molecule has 0 aliphatic heterocycles. The van der Waals surface area contributed by atoms with Gasteiger partial charge in [-0.1, -0.05) is 15.9 Å². The summed E-state index contributed by atoms with van der Waals surface area (Å²) in [4.78, 5) is 0. The van der Waals surface area contributed by atoms with Gasteiger partial charge in [-0.3, -0.25) is 0 Å². The first-order valence-electron chi connectivity index (χ1n) is 4.11. The van der Waals surface area contributed by atoms with Crippen molar-refractivity contribution in [2.24, 2.45) is 0 Å². The quantitative estimate of drug-likeness (QED) is 0.746. The first kappa shape index (κ1) is 4.34. The Labute approximate surface area is 71.6 Å². The molecule has 0 heterocycles. The molecule has 0 aliphatic rings. The highest BCUT2D eigenvalue weighted by Gasteiger charge is 1.94. The van der Waals surface area contributed by atoms with Crippen molar-refractivity contribution >= 4 is 21.6 Å². The number of anilines is 1. The summed E-state index contributed by atoms with van der Waals surface area (Å²) in [6, 6.07) is 3.87. The molecule has 1 rings (SSSR count). The minimum absolute atomic E-state index is 0.229. The van der Waals surface area contributed by atoms with Crippen LogP contribution in [0.4, 0.5) is 10.1 Å². The zero-order chi connectivity index (χ0) is 10.1. The first-order chi connectivity index (χ1) is 5.87. The van der Waals surface area contributed by atoms with Gasteiger partial charge in [-0.2, -0.15) is 0 Å². The lowest BCUT2D eigenvalue weighted by molar-refractivity contribution is 0.627. The molecule has 0 unspecified atom stereocenters. The molecule has 1 aromatic rings. The maximum atomic E-state index is 12.7. The molecule has 10 heavy (non-hydrogen) atoms. The van der Waals surface area contributed by atoms with Crippen molar-refractivity contribution in [1.29, 1.82) is 0 Å². The van der Waals surface area contributed by atoms with Crippen LogP contribution < -0.4 is 5.32 Å². The van der Waals surface area contributed by atoms with Gasteiger partial charge in [-0.25, -0.2) is 4.39 Å². The highest BCUT2D eigenvalue weighted by molar-refractivity contribution is 9.10. The van der Waals surface area contributed by atoms with Crippen LogP contribution in [0.3, 0.4) is 0 Å². The molecule has 0 radical (unpaired) electrons. The third-order valence-electron chi connectivity index (χ3n) is 1.01. The smallest absolute Gasteiger partial charge is 0.126 e. The predicted molar refractivity (Wildman–Crippen MR) is 43.6 cm³/mol. The van der Waals surface area contributed by atoms with Crippen LogP contribution in [0.5, 0.6) is 0 Å². The molecule has 0 saturated carbocycles. The van der Waals surface area contributed by atoms with Crippen LogP contribution in [0.15, 0.2) is 22.7 Å². The third-order valence-corrected chi connectivity index (χ3v) is 1.46. The van der Waals surface area contributed by atoms with Gasteiger partial charge in [0.2, 0.25) is 0 Å². The van der Waals surface area contributed by atoms with Crippen molar-refractivity contribution in [3.63, 3.8) is 0 Å². The van der Waals surface area contributed by atoms with Crippen molar-refractivity contribution in [2.75, 3.05) is 12.3 Å². The molecule has 0 atom stereocenters. The highest BCUT2D eigenvalue weighted by atomic mass is 79.9. The summed E-state index contributed by atoms with van der Waals surface area (Å²) in [6.07, 6.45) is 0. The Morgan fingerprint density at radius 2 is 2.40 bits per heavy atom. The summed E-state index contributed by atoms with van der Waals surface area (Å²) in [5.41, 5.74) is 0.229.